The summed E-state index contributed by atoms with van der Waals surface area (Å²) >= 11 is 0. The number of ether oxygens (including phenoxy) is 2. The Kier molecular flexibility index (Phi) is 42.7. The van der Waals surface area contributed by atoms with Gasteiger partial charge in [-0.25, -0.2) is 0 Å². The Morgan fingerprint density at radius 3 is 1.34 bits per heavy atom. The summed E-state index contributed by atoms with van der Waals surface area (Å²) in [7, 11) is 0. The highest BCUT2D eigenvalue weighted by atomic mass is 16.7. The number of unbranched alkanes of at least 4 members (excludes halogenated alkanes) is 32. The largest absolute Gasteiger partial charge is 0.394 e. The normalized spacial score (nSPS) is 20.3. The van der Waals surface area contributed by atoms with Crippen molar-refractivity contribution in [1.82, 2.24) is 5.32 Å². The van der Waals surface area contributed by atoms with Gasteiger partial charge in [0.25, 0.3) is 0 Å². The molecule has 376 valence electrons. The van der Waals surface area contributed by atoms with Crippen LogP contribution >= 0.6 is 0 Å². The molecule has 1 aliphatic heterocycles. The van der Waals surface area contributed by atoms with E-state index in [2.05, 4.69) is 43.5 Å². The Hall–Kier alpha value is -1.59. The summed E-state index contributed by atoms with van der Waals surface area (Å²) in [6.45, 7) is 3.78. The summed E-state index contributed by atoms with van der Waals surface area (Å²) in [6, 6.07) is -0.803. The van der Waals surface area contributed by atoms with Crippen molar-refractivity contribution >= 4 is 5.91 Å². The molecule has 1 aliphatic rings. The predicted molar refractivity (Wildman–Crippen MR) is 267 cm³/mol. The molecule has 0 radical (unpaired) electrons. The van der Waals surface area contributed by atoms with Crippen molar-refractivity contribution in [2.75, 3.05) is 13.2 Å². The third kappa shape index (κ3) is 34.7. The first-order valence-electron chi connectivity index (χ1n) is 27.2. The Morgan fingerprint density at radius 1 is 0.531 bits per heavy atom. The lowest BCUT2D eigenvalue weighted by Gasteiger charge is -2.40. The van der Waals surface area contributed by atoms with Gasteiger partial charge in [-0.1, -0.05) is 230 Å². The van der Waals surface area contributed by atoms with E-state index in [0.717, 1.165) is 44.9 Å². The maximum atomic E-state index is 13.0. The number of allylic oxidation sites excluding steroid dienone is 5. The first-order chi connectivity index (χ1) is 31.3. The second-order valence-corrected chi connectivity index (χ2v) is 19.0. The molecular formula is C55H103NO8. The van der Waals surface area contributed by atoms with E-state index < -0.39 is 49.5 Å². The van der Waals surface area contributed by atoms with Crippen molar-refractivity contribution in [3.63, 3.8) is 0 Å². The van der Waals surface area contributed by atoms with Crippen molar-refractivity contribution in [2.24, 2.45) is 0 Å². The Morgan fingerprint density at radius 2 is 0.922 bits per heavy atom. The van der Waals surface area contributed by atoms with Gasteiger partial charge in [0.2, 0.25) is 5.91 Å². The van der Waals surface area contributed by atoms with Crippen LogP contribution < -0.4 is 5.32 Å². The van der Waals surface area contributed by atoms with Crippen LogP contribution in [0.25, 0.3) is 0 Å². The summed E-state index contributed by atoms with van der Waals surface area (Å²) in [5, 5.41) is 54.3. The van der Waals surface area contributed by atoms with E-state index in [1.165, 1.54) is 186 Å². The molecule has 64 heavy (non-hydrogen) atoms. The van der Waals surface area contributed by atoms with Gasteiger partial charge >= 0.3 is 0 Å². The van der Waals surface area contributed by atoms with E-state index in [-0.39, 0.29) is 12.5 Å². The van der Waals surface area contributed by atoms with Gasteiger partial charge in [-0.2, -0.15) is 0 Å². The van der Waals surface area contributed by atoms with Gasteiger partial charge in [0.1, 0.15) is 24.4 Å². The smallest absolute Gasteiger partial charge is 0.220 e. The zero-order valence-electron chi connectivity index (χ0n) is 41.5. The van der Waals surface area contributed by atoms with Gasteiger partial charge < -0.3 is 40.3 Å². The van der Waals surface area contributed by atoms with Crippen LogP contribution in [0.4, 0.5) is 0 Å². The van der Waals surface area contributed by atoms with Crippen LogP contribution in [-0.2, 0) is 14.3 Å². The van der Waals surface area contributed by atoms with Gasteiger partial charge in [0.05, 0.1) is 25.4 Å². The lowest BCUT2D eigenvalue weighted by atomic mass is 9.99. The lowest BCUT2D eigenvalue weighted by Crippen LogP contribution is -2.60. The molecule has 0 aromatic rings. The van der Waals surface area contributed by atoms with E-state index in [4.69, 9.17) is 9.47 Å². The van der Waals surface area contributed by atoms with E-state index in [9.17, 15) is 30.3 Å². The third-order valence-corrected chi connectivity index (χ3v) is 13.0. The molecule has 7 unspecified atom stereocenters. The molecule has 1 amide bonds. The molecule has 1 fully saturated rings. The summed E-state index contributed by atoms with van der Waals surface area (Å²) in [5.41, 5.74) is 0. The quantitative estimate of drug-likeness (QED) is 0.0261. The number of nitrogens with one attached hydrogen (secondary N) is 1. The average Bonchev–Trinajstić information content (AvgIpc) is 3.29. The molecule has 1 rings (SSSR count). The number of aliphatic hydroxyl groups is 5. The van der Waals surface area contributed by atoms with Crippen LogP contribution in [-0.4, -0.2) is 87.5 Å². The maximum Gasteiger partial charge on any atom is 0.220 e. The standard InChI is InChI=1S/C55H103NO8/c1-3-5-7-9-11-13-15-17-18-19-20-21-22-23-24-25-26-27-28-29-30-31-32-33-35-37-39-41-43-45-51(59)56-48(47-63-55-54(62)53(61)52(60)50(46-57)64-55)49(58)44-42-40-38-36-34-16-14-12-10-8-6-4-2/h20-21,23-24,42,44,48-50,52-55,57-58,60-62H,3-19,22,25-41,43,45-47H2,1-2H3,(H,56,59)/b21-20-,24-23-,44-42+. The molecule has 6 N–H and O–H groups in total. The molecule has 7 atom stereocenters. The highest BCUT2D eigenvalue weighted by Crippen LogP contribution is 2.23. The summed E-state index contributed by atoms with van der Waals surface area (Å²) < 4.78 is 11.2. The summed E-state index contributed by atoms with van der Waals surface area (Å²) in [6.07, 6.45) is 50.7. The van der Waals surface area contributed by atoms with E-state index in [0.29, 0.717) is 6.42 Å². The lowest BCUT2D eigenvalue weighted by molar-refractivity contribution is -0.302. The van der Waals surface area contributed by atoms with Crippen LogP contribution in [0.2, 0.25) is 0 Å². The minimum Gasteiger partial charge on any atom is -0.394 e. The first-order valence-corrected chi connectivity index (χ1v) is 27.2. The molecule has 0 spiro atoms. The minimum absolute atomic E-state index is 0.177. The van der Waals surface area contributed by atoms with Crippen LogP contribution in [0.1, 0.15) is 251 Å². The SMILES string of the molecule is CCCCCCCCCCC/C=C\C/C=C\CCCCCCCCCCCCCCCC(=O)NC(COC1OC(CO)C(O)C(O)C1O)C(O)/C=C/CCCCCCCCCCCC. The van der Waals surface area contributed by atoms with Crippen molar-refractivity contribution in [3.8, 4) is 0 Å². The number of rotatable bonds is 46. The van der Waals surface area contributed by atoms with Crippen molar-refractivity contribution in [3.05, 3.63) is 36.5 Å². The fourth-order valence-corrected chi connectivity index (χ4v) is 8.60. The molecule has 1 heterocycles. The van der Waals surface area contributed by atoms with E-state index >= 15 is 0 Å². The van der Waals surface area contributed by atoms with Gasteiger partial charge in [-0.3, -0.25) is 4.79 Å². The fraction of sp³-hybridized carbons (Fsp3) is 0.873. The molecule has 0 saturated carbocycles. The van der Waals surface area contributed by atoms with Crippen LogP contribution in [0.5, 0.6) is 0 Å². The van der Waals surface area contributed by atoms with Crippen molar-refractivity contribution < 1.29 is 39.8 Å². The van der Waals surface area contributed by atoms with Crippen LogP contribution in [0.15, 0.2) is 36.5 Å². The number of carbonyl (C=O) groups is 1. The third-order valence-electron chi connectivity index (χ3n) is 13.0. The number of hydrogen-bond donors (Lipinski definition) is 6. The van der Waals surface area contributed by atoms with Crippen molar-refractivity contribution in [1.29, 1.82) is 0 Å². The highest BCUT2D eigenvalue weighted by Gasteiger charge is 2.44. The summed E-state index contributed by atoms with van der Waals surface area (Å²) in [4.78, 5) is 13.0. The molecular weight excluding hydrogens is 803 g/mol. The Bertz CT molecular complexity index is 1100. The fourth-order valence-electron chi connectivity index (χ4n) is 8.60. The maximum absolute atomic E-state index is 13.0. The number of amides is 1. The van der Waals surface area contributed by atoms with E-state index in [1.54, 1.807) is 6.08 Å². The molecule has 0 aromatic carbocycles. The molecule has 9 nitrogen and oxygen atoms in total. The monoisotopic (exact) mass is 906 g/mol. The number of hydrogen-bond acceptors (Lipinski definition) is 8. The molecule has 0 aliphatic carbocycles. The van der Waals surface area contributed by atoms with Gasteiger partial charge in [-0.05, 0) is 51.4 Å². The summed E-state index contributed by atoms with van der Waals surface area (Å²) in [5.74, 6) is -0.177. The predicted octanol–water partition coefficient (Wildman–Crippen LogP) is 12.8. The number of carbonyl (C=O) groups excluding carboxylic acids is 1. The second-order valence-electron chi connectivity index (χ2n) is 19.0. The molecule has 0 bridgehead atoms. The molecule has 9 heteroatoms. The number of aliphatic hydroxyl groups excluding tert-OH is 5. The zero-order valence-corrected chi connectivity index (χ0v) is 41.5. The first kappa shape index (κ1) is 60.4. The van der Waals surface area contributed by atoms with Gasteiger partial charge in [0, 0.05) is 6.42 Å². The van der Waals surface area contributed by atoms with Gasteiger partial charge in [-0.15, -0.1) is 0 Å². The Labute approximate surface area is 393 Å². The molecule has 0 aromatic heterocycles. The van der Waals surface area contributed by atoms with Crippen LogP contribution in [0, 0.1) is 0 Å². The van der Waals surface area contributed by atoms with E-state index in [1.807, 2.05) is 6.08 Å². The topological polar surface area (TPSA) is 149 Å². The zero-order chi connectivity index (χ0) is 46.6. The van der Waals surface area contributed by atoms with Crippen LogP contribution in [0.3, 0.4) is 0 Å². The molecule has 1 saturated heterocycles. The average molecular weight is 906 g/mol. The second kappa shape index (κ2) is 45.2. The minimum atomic E-state index is -1.57. The highest BCUT2D eigenvalue weighted by molar-refractivity contribution is 5.76. The van der Waals surface area contributed by atoms with Gasteiger partial charge in [0.15, 0.2) is 6.29 Å². The Balaban J connectivity index is 2.17. The van der Waals surface area contributed by atoms with Crippen molar-refractivity contribution in [2.45, 2.75) is 294 Å².